The van der Waals surface area contributed by atoms with Gasteiger partial charge in [-0.25, -0.2) is 25.3 Å². The molecule has 1 N–H and O–H groups in total. The molecule has 2 unspecified atom stereocenters. The quantitative estimate of drug-likeness (QED) is 0.0407. The molecule has 2 aromatic rings. The normalized spacial score (nSPS) is 18.9. The summed E-state index contributed by atoms with van der Waals surface area (Å²) in [4.78, 5) is 12.4. The fourth-order valence-electron chi connectivity index (χ4n) is 8.78. The molecule has 0 fully saturated rings. The number of nitrogens with zero attached hydrogens (tertiary/aromatic N) is 2. The Morgan fingerprint density at radius 1 is 0.630 bits per heavy atom. The van der Waals surface area contributed by atoms with E-state index in [9.17, 15) is 43.7 Å². The smallest absolute Gasteiger partial charge is 0.303 e. The van der Waals surface area contributed by atoms with Gasteiger partial charge in [0.15, 0.2) is 12.3 Å². The molecule has 73 heavy (non-hydrogen) atoms. The van der Waals surface area contributed by atoms with Crippen molar-refractivity contribution in [3.63, 3.8) is 0 Å². The summed E-state index contributed by atoms with van der Waals surface area (Å²) >= 11 is 0. The number of rotatable bonds is 37. The van der Waals surface area contributed by atoms with Crippen LogP contribution in [-0.2, 0) is 79.1 Å². The first-order chi connectivity index (χ1) is 34.7. The van der Waals surface area contributed by atoms with E-state index in [1.807, 2.05) is 23.7 Å². The van der Waals surface area contributed by atoms with Crippen molar-refractivity contribution in [3.8, 4) is 0 Å². The van der Waals surface area contributed by atoms with Crippen LogP contribution in [0.25, 0.3) is 0 Å². The second-order valence-electron chi connectivity index (χ2n) is 17.7. The number of aliphatic carboxylic acids is 1. The van der Waals surface area contributed by atoms with Gasteiger partial charge >= 0.3 is 5.97 Å². The fraction of sp³-hybridized carbons (Fsp3) is 0.560. The summed E-state index contributed by atoms with van der Waals surface area (Å²) < 4.78 is 148. The van der Waals surface area contributed by atoms with Crippen LogP contribution in [-0.4, -0.2) is 173 Å². The first kappa shape index (κ1) is 61.3. The number of methoxy groups -OCH3 is 2. The van der Waals surface area contributed by atoms with E-state index < -0.39 is 57.8 Å². The van der Waals surface area contributed by atoms with Crippen LogP contribution in [0.1, 0.15) is 69.9 Å². The molecule has 2 atom stereocenters. The van der Waals surface area contributed by atoms with Gasteiger partial charge in [0.1, 0.15) is 26.8 Å². The Morgan fingerprint density at radius 2 is 1.16 bits per heavy atom. The van der Waals surface area contributed by atoms with Gasteiger partial charge in [0.25, 0.3) is 0 Å². The third-order valence-corrected chi connectivity index (χ3v) is 14.9. The number of unbranched alkanes of at least 4 members (excludes halogenated alkanes) is 2. The minimum Gasteiger partial charge on any atom is -0.748 e. The number of carbonyl (C=O) groups is 1. The maximum absolute atomic E-state index is 12.2. The third kappa shape index (κ3) is 19.1. The topological polar surface area (TPSA) is 280 Å². The summed E-state index contributed by atoms with van der Waals surface area (Å²) in [6.45, 7) is 9.04. The van der Waals surface area contributed by atoms with Gasteiger partial charge in [-0.2, -0.15) is 4.58 Å². The second-order valence-corrected chi connectivity index (χ2v) is 21.9. The molecule has 2 aliphatic heterocycles. The van der Waals surface area contributed by atoms with Gasteiger partial charge in [0.05, 0.1) is 91.4 Å². The number of benzene rings is 2. The van der Waals surface area contributed by atoms with Gasteiger partial charge in [-0.3, -0.25) is 4.79 Å². The summed E-state index contributed by atoms with van der Waals surface area (Å²) in [6.07, 6.45) is 14.9. The largest absolute Gasteiger partial charge is 0.748 e. The lowest BCUT2D eigenvalue weighted by Crippen LogP contribution is -2.32. The Morgan fingerprint density at radius 3 is 1.73 bits per heavy atom. The number of allylic oxidation sites excluding steroid dienone is 8. The highest BCUT2D eigenvalue weighted by molar-refractivity contribution is 7.86. The van der Waals surface area contributed by atoms with Crippen molar-refractivity contribution in [2.45, 2.75) is 79.4 Å². The maximum atomic E-state index is 12.2. The number of hydrogen-bond donors (Lipinski definition) is 1. The van der Waals surface area contributed by atoms with E-state index in [4.69, 9.17) is 38.3 Å². The van der Waals surface area contributed by atoms with E-state index in [-0.39, 0.29) is 50.5 Å². The molecule has 0 spiro atoms. The molecule has 0 saturated carbocycles. The lowest BCUT2D eigenvalue weighted by molar-refractivity contribution is -0.442. The summed E-state index contributed by atoms with van der Waals surface area (Å²) in [7, 11) is -11.1. The number of carboxylic acid groups (broad SMARTS) is 1. The zero-order chi connectivity index (χ0) is 53.5. The van der Waals surface area contributed by atoms with E-state index in [0.717, 1.165) is 11.4 Å². The van der Waals surface area contributed by atoms with Gasteiger partial charge in [-0.15, -0.1) is 0 Å². The van der Waals surface area contributed by atoms with Crippen LogP contribution in [0.5, 0.6) is 0 Å². The standard InChI is InChI=1S/C50H72N2O18S3/c1-49(21-13-37-71(55,56)57)42-38-40(72(58,59)60)18-20-45(42)52(24-26-66-29-30-68-33-34-70-36-35-69-32-31-67-28-27-65-4)46(49)14-9-6-5-7-10-15-47-50(2,22-25-64-3)43-39-41(73(61,62)63)17-19-44(43)51(47)23-12-8-11-16-48(53)54/h5-7,9-10,14-15,17-20,38-39H,8,11-13,16,21-37H2,1-4H3,(H3-,53,54,55,56,57,58,59,60,61,62,63)/p-2. The van der Waals surface area contributed by atoms with Gasteiger partial charge in [-0.1, -0.05) is 36.8 Å². The third-order valence-electron chi connectivity index (χ3n) is 12.5. The van der Waals surface area contributed by atoms with E-state index in [2.05, 4.69) is 4.90 Å². The van der Waals surface area contributed by atoms with E-state index >= 15 is 0 Å². The van der Waals surface area contributed by atoms with Crippen LogP contribution >= 0.6 is 0 Å². The minimum absolute atomic E-state index is 0.0369. The Labute approximate surface area is 430 Å². The Bertz CT molecular complexity index is 2610. The monoisotopic (exact) mass is 1080 g/mol. The molecular formula is C50H70N2O18S3-2. The van der Waals surface area contributed by atoms with Crippen molar-refractivity contribution in [1.29, 1.82) is 0 Å². The highest BCUT2D eigenvalue weighted by Gasteiger charge is 2.48. The van der Waals surface area contributed by atoms with Crippen molar-refractivity contribution < 1.29 is 86.5 Å². The number of ether oxygens (including phenoxy) is 7. The van der Waals surface area contributed by atoms with Crippen LogP contribution in [0.4, 0.5) is 11.4 Å². The van der Waals surface area contributed by atoms with Crippen molar-refractivity contribution in [2.75, 3.05) is 117 Å². The number of anilines is 1. The molecule has 20 nitrogen and oxygen atoms in total. The highest BCUT2D eigenvalue weighted by Crippen LogP contribution is 2.51. The van der Waals surface area contributed by atoms with Crippen molar-refractivity contribution in [3.05, 3.63) is 95.8 Å². The Hall–Kier alpha value is -4.21. The van der Waals surface area contributed by atoms with Crippen LogP contribution in [0.3, 0.4) is 0 Å². The Balaban J connectivity index is 1.54. The van der Waals surface area contributed by atoms with Crippen molar-refractivity contribution >= 4 is 53.4 Å². The van der Waals surface area contributed by atoms with Crippen LogP contribution in [0.2, 0.25) is 0 Å². The zero-order valence-electron chi connectivity index (χ0n) is 42.1. The van der Waals surface area contributed by atoms with E-state index in [1.54, 1.807) is 57.6 Å². The van der Waals surface area contributed by atoms with Gasteiger partial charge in [0.2, 0.25) is 5.69 Å². The molecule has 0 aromatic heterocycles. The average molecular weight is 1080 g/mol. The van der Waals surface area contributed by atoms with E-state index in [1.165, 1.54) is 30.3 Å². The lowest BCUT2D eigenvalue weighted by Gasteiger charge is -2.30. The first-order valence-electron chi connectivity index (χ1n) is 24.0. The number of carboxylic acids is 1. The number of hydrogen-bond acceptors (Lipinski definition) is 18. The average Bonchev–Trinajstić information content (AvgIpc) is 3.69. The maximum Gasteiger partial charge on any atom is 0.303 e. The molecule has 2 aliphatic rings. The molecule has 4 rings (SSSR count). The van der Waals surface area contributed by atoms with E-state index in [0.29, 0.717) is 114 Å². The zero-order valence-corrected chi connectivity index (χ0v) is 44.5. The molecule has 0 bridgehead atoms. The molecule has 0 aliphatic carbocycles. The summed E-state index contributed by atoms with van der Waals surface area (Å²) in [5.41, 5.74) is 2.05. The minimum atomic E-state index is -4.88. The molecular weight excluding hydrogens is 1010 g/mol. The predicted molar refractivity (Wildman–Crippen MR) is 269 cm³/mol. The van der Waals surface area contributed by atoms with Gasteiger partial charge < -0.3 is 56.8 Å². The summed E-state index contributed by atoms with van der Waals surface area (Å²) in [6, 6.07) is 8.38. The Kier molecular flexibility index (Phi) is 25.0. The summed E-state index contributed by atoms with van der Waals surface area (Å²) in [5, 5.41) is 9.14. The van der Waals surface area contributed by atoms with Crippen LogP contribution in [0.15, 0.2) is 94.4 Å². The SMILES string of the molecule is COCCOCCOCCOCCOCCOCC[N+]1=C(/C=C/C=C/C=C/C=C2/N(CCCCCC(=O)O)c3ccc(S(=O)(=O)[O-])cc3C2(C)CCOC)C(C)(CCCS(=O)(=O)[O-])c2cc(S(=O)(=O)[O-])ccc21. The highest BCUT2D eigenvalue weighted by atomic mass is 32.2. The van der Waals surface area contributed by atoms with Crippen molar-refractivity contribution in [2.24, 2.45) is 0 Å². The first-order valence-corrected chi connectivity index (χ1v) is 28.4. The number of fused-ring (bicyclic) bond motifs is 2. The molecule has 2 aromatic carbocycles. The lowest BCUT2D eigenvalue weighted by atomic mass is 9.76. The van der Waals surface area contributed by atoms with Crippen molar-refractivity contribution in [1.82, 2.24) is 0 Å². The van der Waals surface area contributed by atoms with Crippen LogP contribution < -0.4 is 4.90 Å². The molecule has 408 valence electrons. The molecule has 2 heterocycles. The van der Waals surface area contributed by atoms with Crippen LogP contribution in [0, 0.1) is 0 Å². The second kappa shape index (κ2) is 29.8. The summed E-state index contributed by atoms with van der Waals surface area (Å²) in [5.74, 6) is -1.53. The fourth-order valence-corrected chi connectivity index (χ4v) is 10.3. The predicted octanol–water partition coefficient (Wildman–Crippen LogP) is 4.92. The molecule has 0 saturated heterocycles. The molecule has 0 amide bonds. The van der Waals surface area contributed by atoms with Gasteiger partial charge in [-0.05, 0) is 87.9 Å². The molecule has 0 radical (unpaired) electrons. The molecule has 23 heteroatoms. The van der Waals surface area contributed by atoms with Gasteiger partial charge in [0, 0.05) is 74.1 Å².